The second kappa shape index (κ2) is 5.92. The Balaban J connectivity index is 2.39. The average molecular weight is 338 g/mol. The highest BCUT2D eigenvalue weighted by Gasteiger charge is 2.35. The van der Waals surface area contributed by atoms with Gasteiger partial charge >= 0.3 is 6.18 Å². The molecule has 0 radical (unpaired) electrons. The van der Waals surface area contributed by atoms with Crippen LogP contribution in [-0.2, 0) is 6.18 Å². The third kappa shape index (κ3) is 3.87. The first kappa shape index (κ1) is 15.6. The summed E-state index contributed by atoms with van der Waals surface area (Å²) in [5, 5.41) is 3.28. The number of nitrogens with zero attached hydrogens (tertiary/aromatic N) is 2. The second-order valence-electron chi connectivity index (χ2n) is 3.85. The zero-order valence-electron chi connectivity index (χ0n) is 10.2. The molecule has 0 unspecified atom stereocenters. The number of alkyl halides is 3. The predicted octanol–water partition coefficient (Wildman–Crippen LogP) is 3.83. The van der Waals surface area contributed by atoms with Gasteiger partial charge in [-0.1, -0.05) is 23.2 Å². The molecule has 0 aliphatic rings. The van der Waals surface area contributed by atoms with Crippen molar-refractivity contribution in [1.29, 1.82) is 0 Å². The molecule has 4 N–H and O–H groups in total. The lowest BCUT2D eigenvalue weighted by molar-refractivity contribution is -0.144. The Bertz CT molecular complexity index is 663. The number of hydrogen-bond acceptors (Lipinski definition) is 5. The molecule has 0 spiro atoms. The smallest absolute Gasteiger partial charge is 0.339 e. The van der Waals surface area contributed by atoms with E-state index in [4.69, 9.17) is 29.0 Å². The maximum absolute atomic E-state index is 12.7. The minimum absolute atomic E-state index is 0.116. The van der Waals surface area contributed by atoms with Gasteiger partial charge in [-0.15, -0.1) is 0 Å². The average Bonchev–Trinajstić information content (AvgIpc) is 2.40. The van der Waals surface area contributed by atoms with Gasteiger partial charge in [0.05, 0.1) is 10.7 Å². The van der Waals surface area contributed by atoms with E-state index < -0.39 is 12.0 Å². The number of benzene rings is 1. The lowest BCUT2D eigenvalue weighted by Crippen LogP contribution is -2.16. The van der Waals surface area contributed by atoms with Gasteiger partial charge < -0.3 is 10.7 Å². The number of hydrogen-bond donors (Lipinski definition) is 3. The summed E-state index contributed by atoms with van der Waals surface area (Å²) in [6, 6.07) is 5.69. The van der Waals surface area contributed by atoms with Crippen LogP contribution in [0, 0.1) is 0 Å². The molecular formula is C11H8Cl2F3N5. The Hall–Kier alpha value is -1.77. The summed E-state index contributed by atoms with van der Waals surface area (Å²) in [6.07, 6.45) is -4.70. The van der Waals surface area contributed by atoms with Crippen molar-refractivity contribution in [3.63, 3.8) is 0 Å². The first-order valence-corrected chi connectivity index (χ1v) is 6.20. The first-order chi connectivity index (χ1) is 9.79. The Kier molecular flexibility index (Phi) is 4.40. The van der Waals surface area contributed by atoms with Gasteiger partial charge in [-0.3, -0.25) is 0 Å². The molecule has 1 aromatic heterocycles. The third-order valence-corrected chi connectivity index (χ3v) is 2.87. The Morgan fingerprint density at radius 3 is 2.29 bits per heavy atom. The molecule has 5 nitrogen and oxygen atoms in total. The van der Waals surface area contributed by atoms with Crippen LogP contribution in [-0.4, -0.2) is 9.97 Å². The van der Waals surface area contributed by atoms with Crippen LogP contribution < -0.4 is 16.6 Å². The van der Waals surface area contributed by atoms with Gasteiger partial charge in [-0.25, -0.2) is 15.8 Å². The van der Waals surface area contributed by atoms with Gasteiger partial charge in [0.1, 0.15) is 11.6 Å². The lowest BCUT2D eigenvalue weighted by Gasteiger charge is -2.12. The topological polar surface area (TPSA) is 75.9 Å². The Labute approximate surface area is 127 Å². The molecular weight excluding hydrogens is 330 g/mol. The molecule has 0 fully saturated rings. The van der Waals surface area contributed by atoms with E-state index in [1.807, 2.05) is 5.43 Å². The molecule has 0 aliphatic carbocycles. The van der Waals surface area contributed by atoms with Crippen LogP contribution in [0.1, 0.15) is 5.82 Å². The van der Waals surface area contributed by atoms with E-state index in [2.05, 4.69) is 15.3 Å². The van der Waals surface area contributed by atoms with Crippen molar-refractivity contribution >= 4 is 40.5 Å². The molecule has 0 saturated carbocycles. The van der Waals surface area contributed by atoms with Crippen LogP contribution in [0.4, 0.5) is 30.5 Å². The SMILES string of the molecule is NNc1cc(Nc2ccc(Cl)cc2Cl)nc(C(F)(F)F)n1. The predicted molar refractivity (Wildman–Crippen MR) is 74.6 cm³/mol. The van der Waals surface area contributed by atoms with Crippen molar-refractivity contribution in [2.45, 2.75) is 6.18 Å². The lowest BCUT2D eigenvalue weighted by atomic mass is 10.3. The number of nitrogens with one attached hydrogen (secondary N) is 2. The van der Waals surface area contributed by atoms with Crippen LogP contribution in [0.3, 0.4) is 0 Å². The van der Waals surface area contributed by atoms with Crippen molar-refractivity contribution in [2.24, 2.45) is 5.84 Å². The Morgan fingerprint density at radius 1 is 1.05 bits per heavy atom. The van der Waals surface area contributed by atoms with Gasteiger partial charge in [-0.2, -0.15) is 13.2 Å². The summed E-state index contributed by atoms with van der Waals surface area (Å²) in [4.78, 5) is 6.61. The van der Waals surface area contributed by atoms with E-state index in [1.54, 1.807) is 0 Å². The van der Waals surface area contributed by atoms with Crippen LogP contribution >= 0.6 is 23.2 Å². The minimum Gasteiger partial charge on any atom is -0.339 e. The first-order valence-electron chi connectivity index (χ1n) is 5.44. The van der Waals surface area contributed by atoms with Crippen molar-refractivity contribution in [2.75, 3.05) is 10.7 Å². The number of hydrazine groups is 1. The van der Waals surface area contributed by atoms with E-state index in [0.717, 1.165) is 0 Å². The van der Waals surface area contributed by atoms with Crippen molar-refractivity contribution in [3.05, 3.63) is 40.1 Å². The monoisotopic (exact) mass is 337 g/mol. The fraction of sp³-hybridized carbons (Fsp3) is 0.0909. The van der Waals surface area contributed by atoms with Gasteiger partial charge in [0.2, 0.25) is 5.82 Å². The van der Waals surface area contributed by atoms with Gasteiger partial charge in [0.15, 0.2) is 0 Å². The van der Waals surface area contributed by atoms with Gasteiger partial charge in [0.25, 0.3) is 0 Å². The number of nitrogens with two attached hydrogens (primary N) is 1. The maximum atomic E-state index is 12.7. The van der Waals surface area contributed by atoms with E-state index in [0.29, 0.717) is 10.7 Å². The largest absolute Gasteiger partial charge is 0.451 e. The molecule has 2 aromatic rings. The van der Waals surface area contributed by atoms with Crippen molar-refractivity contribution in [3.8, 4) is 0 Å². The maximum Gasteiger partial charge on any atom is 0.451 e. The summed E-state index contributed by atoms with van der Waals surface area (Å²) in [5.74, 6) is 3.46. The zero-order chi connectivity index (χ0) is 15.6. The van der Waals surface area contributed by atoms with Crippen LogP contribution in [0.5, 0.6) is 0 Å². The molecule has 1 aromatic carbocycles. The highest BCUT2D eigenvalue weighted by molar-refractivity contribution is 6.36. The summed E-state index contributed by atoms with van der Waals surface area (Å²) >= 11 is 11.7. The van der Waals surface area contributed by atoms with Crippen LogP contribution in [0.15, 0.2) is 24.3 Å². The van der Waals surface area contributed by atoms with E-state index in [-0.39, 0.29) is 16.7 Å². The molecule has 0 aliphatic heterocycles. The van der Waals surface area contributed by atoms with Crippen LogP contribution in [0.25, 0.3) is 0 Å². The van der Waals surface area contributed by atoms with E-state index in [1.165, 1.54) is 24.3 Å². The second-order valence-corrected chi connectivity index (χ2v) is 4.70. The molecule has 10 heteroatoms. The standard InChI is InChI=1S/C11H8Cl2F3N5/c12-5-1-2-7(6(13)3-5)18-8-4-9(21-17)20-10(19-8)11(14,15)16/h1-4H,17H2,(H2,18,19,20,21). The summed E-state index contributed by atoms with van der Waals surface area (Å²) in [5.41, 5.74) is 2.39. The molecule has 0 saturated heterocycles. The van der Waals surface area contributed by atoms with Crippen molar-refractivity contribution < 1.29 is 13.2 Å². The molecule has 112 valence electrons. The number of rotatable bonds is 3. The summed E-state index contributed by atoms with van der Waals surface area (Å²) in [6.45, 7) is 0. The summed E-state index contributed by atoms with van der Waals surface area (Å²) in [7, 11) is 0. The number of anilines is 3. The number of nitrogen functional groups attached to an aromatic ring is 1. The van der Waals surface area contributed by atoms with Gasteiger partial charge in [0, 0.05) is 11.1 Å². The Morgan fingerprint density at radius 2 is 1.71 bits per heavy atom. The van der Waals surface area contributed by atoms with Crippen LogP contribution in [0.2, 0.25) is 10.0 Å². The quantitative estimate of drug-likeness (QED) is 0.586. The molecule has 21 heavy (non-hydrogen) atoms. The third-order valence-electron chi connectivity index (χ3n) is 2.32. The fourth-order valence-corrected chi connectivity index (χ4v) is 1.90. The van der Waals surface area contributed by atoms with E-state index in [9.17, 15) is 13.2 Å². The van der Waals surface area contributed by atoms with E-state index >= 15 is 0 Å². The molecule has 0 amide bonds. The highest BCUT2D eigenvalue weighted by Crippen LogP contribution is 2.31. The van der Waals surface area contributed by atoms with Gasteiger partial charge in [-0.05, 0) is 18.2 Å². The van der Waals surface area contributed by atoms with Crippen molar-refractivity contribution in [1.82, 2.24) is 9.97 Å². The normalized spacial score (nSPS) is 11.3. The fourth-order valence-electron chi connectivity index (χ4n) is 1.44. The minimum atomic E-state index is -4.70. The zero-order valence-corrected chi connectivity index (χ0v) is 11.7. The number of aromatic nitrogens is 2. The molecule has 0 atom stereocenters. The highest BCUT2D eigenvalue weighted by atomic mass is 35.5. The molecule has 1 heterocycles. The summed E-state index contributed by atoms with van der Waals surface area (Å²) < 4.78 is 38.1. The molecule has 2 rings (SSSR count). The molecule has 0 bridgehead atoms. The number of halogens is 5.